The van der Waals surface area contributed by atoms with E-state index in [-0.39, 0.29) is 12.1 Å². The summed E-state index contributed by atoms with van der Waals surface area (Å²) in [5, 5.41) is 6.49. The lowest BCUT2D eigenvalue weighted by Gasteiger charge is -2.31. The largest absolute Gasteiger partial charge is 0.444 e. The Balaban J connectivity index is 1.77. The van der Waals surface area contributed by atoms with Gasteiger partial charge in [0.2, 0.25) is 0 Å². The minimum atomic E-state index is -0.453. The Labute approximate surface area is 139 Å². The molecule has 0 aliphatic heterocycles. The number of ether oxygens (including phenoxy) is 1. The van der Waals surface area contributed by atoms with Crippen molar-refractivity contribution in [2.75, 3.05) is 5.32 Å². The standard InChI is InChI=1S/C19H26N2O2/c1-5-14-7-6-8-17(13-14)20-15-9-11-16(12-10-15)21-18(22)23-19(2,3)4/h1,6-8,13,15-16,20H,9-12H2,2-4H3,(H,21,22). The quantitative estimate of drug-likeness (QED) is 0.832. The zero-order valence-electron chi connectivity index (χ0n) is 14.2. The molecule has 0 bridgehead atoms. The van der Waals surface area contributed by atoms with Crippen LogP contribution in [0.1, 0.15) is 52.0 Å². The van der Waals surface area contributed by atoms with Gasteiger partial charge in [-0.05, 0) is 64.7 Å². The van der Waals surface area contributed by atoms with E-state index in [1.165, 1.54) is 0 Å². The van der Waals surface area contributed by atoms with Crippen LogP contribution in [-0.2, 0) is 4.74 Å². The first-order valence-corrected chi connectivity index (χ1v) is 8.18. The normalized spacial score (nSPS) is 21.1. The highest BCUT2D eigenvalue weighted by atomic mass is 16.6. The minimum Gasteiger partial charge on any atom is -0.444 e. The molecule has 124 valence electrons. The average Bonchev–Trinajstić information content (AvgIpc) is 2.47. The zero-order chi connectivity index (χ0) is 16.9. The number of alkyl carbamates (subject to hydrolysis) is 1. The maximum absolute atomic E-state index is 11.8. The van der Waals surface area contributed by atoms with Crippen molar-refractivity contribution >= 4 is 11.8 Å². The van der Waals surface area contributed by atoms with Crippen LogP contribution >= 0.6 is 0 Å². The van der Waals surface area contributed by atoms with E-state index < -0.39 is 5.60 Å². The highest BCUT2D eigenvalue weighted by molar-refractivity contribution is 5.68. The molecule has 1 aromatic carbocycles. The molecular formula is C19H26N2O2. The molecular weight excluding hydrogens is 288 g/mol. The van der Waals surface area contributed by atoms with Crippen LogP contribution in [0.4, 0.5) is 10.5 Å². The molecule has 0 saturated heterocycles. The van der Waals surface area contributed by atoms with E-state index in [9.17, 15) is 4.79 Å². The Hall–Kier alpha value is -2.15. The van der Waals surface area contributed by atoms with Crippen molar-refractivity contribution in [3.8, 4) is 12.3 Å². The van der Waals surface area contributed by atoms with Gasteiger partial charge in [-0.2, -0.15) is 0 Å². The number of amides is 1. The van der Waals surface area contributed by atoms with Gasteiger partial charge in [-0.3, -0.25) is 0 Å². The Kier molecular flexibility index (Phi) is 5.54. The summed E-state index contributed by atoms with van der Waals surface area (Å²) >= 11 is 0. The molecule has 0 aromatic heterocycles. The fourth-order valence-corrected chi connectivity index (χ4v) is 2.79. The third-order valence-electron chi connectivity index (χ3n) is 3.85. The molecule has 1 saturated carbocycles. The van der Waals surface area contributed by atoms with Gasteiger partial charge in [0.1, 0.15) is 5.60 Å². The predicted octanol–water partition coefficient (Wildman–Crippen LogP) is 3.92. The number of nitrogens with one attached hydrogen (secondary N) is 2. The lowest BCUT2D eigenvalue weighted by molar-refractivity contribution is 0.0492. The van der Waals surface area contributed by atoms with Crippen LogP contribution in [0.15, 0.2) is 24.3 Å². The Morgan fingerprint density at radius 2 is 1.87 bits per heavy atom. The van der Waals surface area contributed by atoms with Gasteiger partial charge in [0.25, 0.3) is 0 Å². The number of carbonyl (C=O) groups excluding carboxylic acids is 1. The molecule has 1 amide bonds. The fourth-order valence-electron chi connectivity index (χ4n) is 2.79. The van der Waals surface area contributed by atoms with Gasteiger partial charge in [-0.1, -0.05) is 12.0 Å². The maximum atomic E-state index is 11.8. The van der Waals surface area contributed by atoms with Gasteiger partial charge < -0.3 is 15.4 Å². The lowest BCUT2D eigenvalue weighted by Crippen LogP contribution is -2.42. The molecule has 1 aliphatic carbocycles. The summed E-state index contributed by atoms with van der Waals surface area (Å²) in [7, 11) is 0. The topological polar surface area (TPSA) is 50.4 Å². The highest BCUT2D eigenvalue weighted by Crippen LogP contribution is 2.23. The van der Waals surface area contributed by atoms with E-state index >= 15 is 0 Å². The van der Waals surface area contributed by atoms with Gasteiger partial charge >= 0.3 is 6.09 Å². The molecule has 1 aliphatic rings. The summed E-state index contributed by atoms with van der Waals surface area (Å²) in [4.78, 5) is 11.8. The molecule has 4 nitrogen and oxygen atoms in total. The number of anilines is 1. The van der Waals surface area contributed by atoms with Gasteiger partial charge in [-0.25, -0.2) is 4.79 Å². The minimum absolute atomic E-state index is 0.194. The summed E-state index contributed by atoms with van der Waals surface area (Å²) < 4.78 is 5.30. The van der Waals surface area contributed by atoms with Crippen LogP contribution in [0.3, 0.4) is 0 Å². The summed E-state index contributed by atoms with van der Waals surface area (Å²) in [5.74, 6) is 2.65. The van der Waals surface area contributed by atoms with E-state index in [0.717, 1.165) is 36.9 Å². The maximum Gasteiger partial charge on any atom is 0.407 e. The highest BCUT2D eigenvalue weighted by Gasteiger charge is 2.24. The third-order valence-corrected chi connectivity index (χ3v) is 3.85. The molecule has 4 heteroatoms. The van der Waals surface area contributed by atoms with E-state index in [1.54, 1.807) is 0 Å². The zero-order valence-corrected chi connectivity index (χ0v) is 14.2. The Bertz CT molecular complexity index is 576. The predicted molar refractivity (Wildman–Crippen MR) is 93.4 cm³/mol. The second-order valence-electron chi connectivity index (χ2n) is 7.06. The molecule has 1 fully saturated rings. The molecule has 0 unspecified atom stereocenters. The first-order chi connectivity index (χ1) is 10.9. The number of benzene rings is 1. The van der Waals surface area contributed by atoms with E-state index in [0.29, 0.717) is 6.04 Å². The van der Waals surface area contributed by atoms with Crippen LogP contribution in [0.25, 0.3) is 0 Å². The van der Waals surface area contributed by atoms with Crippen molar-refractivity contribution < 1.29 is 9.53 Å². The summed E-state index contributed by atoms with van der Waals surface area (Å²) in [5.41, 5.74) is 1.49. The average molecular weight is 314 g/mol. The number of terminal acetylenes is 1. The third kappa shape index (κ3) is 5.86. The molecule has 23 heavy (non-hydrogen) atoms. The summed E-state index contributed by atoms with van der Waals surface area (Å²) in [6.07, 6.45) is 9.04. The monoisotopic (exact) mass is 314 g/mol. The number of hydrogen-bond acceptors (Lipinski definition) is 3. The van der Waals surface area contributed by atoms with Gasteiger partial charge in [0, 0.05) is 23.3 Å². The molecule has 2 N–H and O–H groups in total. The van der Waals surface area contributed by atoms with Crippen molar-refractivity contribution in [2.24, 2.45) is 0 Å². The van der Waals surface area contributed by atoms with Crippen LogP contribution in [-0.4, -0.2) is 23.8 Å². The van der Waals surface area contributed by atoms with E-state index in [4.69, 9.17) is 11.2 Å². The van der Waals surface area contributed by atoms with Crippen molar-refractivity contribution in [3.63, 3.8) is 0 Å². The van der Waals surface area contributed by atoms with Crippen molar-refractivity contribution in [1.29, 1.82) is 0 Å². The number of rotatable bonds is 3. The van der Waals surface area contributed by atoms with Crippen LogP contribution in [0.5, 0.6) is 0 Å². The second kappa shape index (κ2) is 7.41. The smallest absolute Gasteiger partial charge is 0.407 e. The van der Waals surface area contributed by atoms with Crippen molar-refractivity contribution in [2.45, 2.75) is 64.1 Å². The van der Waals surface area contributed by atoms with Crippen molar-refractivity contribution in [1.82, 2.24) is 5.32 Å². The molecule has 0 heterocycles. The first-order valence-electron chi connectivity index (χ1n) is 8.18. The molecule has 0 radical (unpaired) electrons. The lowest BCUT2D eigenvalue weighted by atomic mass is 9.91. The Morgan fingerprint density at radius 1 is 1.22 bits per heavy atom. The molecule has 2 rings (SSSR count). The first kappa shape index (κ1) is 17.2. The van der Waals surface area contributed by atoms with E-state index in [1.807, 2.05) is 45.0 Å². The van der Waals surface area contributed by atoms with Crippen LogP contribution in [0.2, 0.25) is 0 Å². The van der Waals surface area contributed by atoms with Gasteiger partial charge in [0.05, 0.1) is 0 Å². The molecule has 0 spiro atoms. The Morgan fingerprint density at radius 3 is 2.48 bits per heavy atom. The fraction of sp³-hybridized carbons (Fsp3) is 0.526. The van der Waals surface area contributed by atoms with Crippen molar-refractivity contribution in [3.05, 3.63) is 29.8 Å². The SMILES string of the molecule is C#Cc1cccc(NC2CCC(NC(=O)OC(C)(C)C)CC2)c1. The summed E-state index contributed by atoms with van der Waals surface area (Å²) in [6.45, 7) is 5.62. The van der Waals surface area contributed by atoms with E-state index in [2.05, 4.69) is 16.6 Å². The second-order valence-corrected chi connectivity index (χ2v) is 7.06. The number of carbonyl (C=O) groups is 1. The summed E-state index contributed by atoms with van der Waals surface area (Å²) in [6, 6.07) is 8.52. The van der Waals surface area contributed by atoms with Gasteiger partial charge in [-0.15, -0.1) is 6.42 Å². The molecule has 0 atom stereocenters. The molecule has 1 aromatic rings. The van der Waals surface area contributed by atoms with Crippen LogP contribution < -0.4 is 10.6 Å². The number of hydrogen-bond donors (Lipinski definition) is 2. The van der Waals surface area contributed by atoms with Crippen LogP contribution in [0, 0.1) is 12.3 Å². The van der Waals surface area contributed by atoms with Gasteiger partial charge in [0.15, 0.2) is 0 Å².